The Balaban J connectivity index is 2.14. The highest BCUT2D eigenvalue weighted by Gasteiger charge is 2.17. The Morgan fingerprint density at radius 3 is 2.89 bits per heavy atom. The van der Waals surface area contributed by atoms with E-state index in [2.05, 4.69) is 17.5 Å². The van der Waals surface area contributed by atoms with Gasteiger partial charge in [-0.2, -0.15) is 5.10 Å². The van der Waals surface area contributed by atoms with Crippen LogP contribution in [0.2, 0.25) is 0 Å². The largest absolute Gasteiger partial charge is 0.294 e. The smallest absolute Gasteiger partial charge is 0.272 e. The molecule has 2 rings (SSSR count). The zero-order valence-corrected chi connectivity index (χ0v) is 10.4. The molecule has 1 saturated carbocycles. The average molecular weight is 247 g/mol. The topological polar surface area (TPSA) is 67.5 Å². The van der Waals surface area contributed by atoms with Crippen molar-refractivity contribution in [1.29, 1.82) is 0 Å². The van der Waals surface area contributed by atoms with Crippen molar-refractivity contribution < 1.29 is 4.92 Å². The van der Waals surface area contributed by atoms with E-state index in [-0.39, 0.29) is 5.69 Å². The van der Waals surface area contributed by atoms with Crippen molar-refractivity contribution in [3.05, 3.63) is 34.4 Å². The molecule has 96 valence electrons. The molecule has 1 aromatic rings. The molecule has 0 spiro atoms. The minimum absolute atomic E-state index is 0.0605. The molecule has 0 saturated heterocycles. The van der Waals surface area contributed by atoms with E-state index in [0.29, 0.717) is 11.6 Å². The molecular weight excluding hydrogens is 230 g/mol. The fourth-order valence-corrected chi connectivity index (χ4v) is 2.20. The number of hydrogen-bond acceptors (Lipinski definition) is 4. The zero-order chi connectivity index (χ0) is 13.0. The quantitative estimate of drug-likeness (QED) is 0.655. The Morgan fingerprint density at radius 1 is 1.39 bits per heavy atom. The summed E-state index contributed by atoms with van der Waals surface area (Å²) >= 11 is 0. The molecule has 0 unspecified atom stereocenters. The molecule has 1 atom stereocenters. The lowest BCUT2D eigenvalue weighted by Gasteiger charge is -2.19. The Hall–Kier alpha value is -1.91. The van der Waals surface area contributed by atoms with Gasteiger partial charge in [0.05, 0.1) is 4.92 Å². The van der Waals surface area contributed by atoms with E-state index in [4.69, 9.17) is 0 Å². The summed E-state index contributed by atoms with van der Waals surface area (Å²) in [6, 6.07) is 6.57. The van der Waals surface area contributed by atoms with Crippen molar-refractivity contribution in [1.82, 2.24) is 0 Å². The number of hydrogen-bond donors (Lipinski definition) is 1. The summed E-state index contributed by atoms with van der Waals surface area (Å²) < 4.78 is 0. The Morgan fingerprint density at radius 2 is 2.17 bits per heavy atom. The summed E-state index contributed by atoms with van der Waals surface area (Å²) in [4.78, 5) is 10.5. The fraction of sp³-hybridized carbons (Fsp3) is 0.462. The second kappa shape index (κ2) is 5.62. The van der Waals surface area contributed by atoms with Gasteiger partial charge >= 0.3 is 0 Å². The molecule has 1 fully saturated rings. The molecular formula is C13H17N3O2. The SMILES string of the molecule is C[C@@H]1CCCC/C1=N/Nc1ccccc1[N+](=O)[O-]. The van der Waals surface area contributed by atoms with E-state index >= 15 is 0 Å². The summed E-state index contributed by atoms with van der Waals surface area (Å²) in [5.74, 6) is 0.467. The molecule has 0 radical (unpaired) electrons. The third-order valence-corrected chi connectivity index (χ3v) is 3.31. The van der Waals surface area contributed by atoms with E-state index in [9.17, 15) is 10.1 Å². The number of benzene rings is 1. The first kappa shape index (κ1) is 12.5. The maximum absolute atomic E-state index is 10.9. The standard InChI is InChI=1S/C13H17N3O2/c1-10-6-2-3-7-11(10)14-15-12-8-4-5-9-13(12)16(17)18/h4-5,8-10,15H,2-3,6-7H2,1H3/b14-11-/t10-/m1/s1. The number of hydrazone groups is 1. The number of nitro benzene ring substituents is 1. The third kappa shape index (κ3) is 2.85. The van der Waals surface area contributed by atoms with E-state index in [1.807, 2.05) is 0 Å². The molecule has 0 amide bonds. The molecule has 1 aliphatic carbocycles. The number of nitro groups is 1. The van der Waals surface area contributed by atoms with Crippen LogP contribution in [-0.2, 0) is 0 Å². The molecule has 1 N–H and O–H groups in total. The lowest BCUT2D eigenvalue weighted by Crippen LogP contribution is -2.17. The molecule has 1 aliphatic rings. The zero-order valence-electron chi connectivity index (χ0n) is 10.4. The van der Waals surface area contributed by atoms with Crippen LogP contribution in [0.5, 0.6) is 0 Å². The molecule has 1 aromatic carbocycles. The van der Waals surface area contributed by atoms with Crippen molar-refractivity contribution in [3.8, 4) is 0 Å². The van der Waals surface area contributed by atoms with Crippen LogP contribution in [0.1, 0.15) is 32.6 Å². The number of nitrogens with one attached hydrogen (secondary N) is 1. The van der Waals surface area contributed by atoms with Crippen molar-refractivity contribution in [3.63, 3.8) is 0 Å². The van der Waals surface area contributed by atoms with Gasteiger partial charge in [0.2, 0.25) is 0 Å². The predicted molar refractivity (Wildman–Crippen MR) is 71.8 cm³/mol. The van der Waals surface area contributed by atoms with Gasteiger partial charge in [0.25, 0.3) is 5.69 Å². The lowest BCUT2D eigenvalue weighted by atomic mass is 9.89. The van der Waals surface area contributed by atoms with E-state index < -0.39 is 4.92 Å². The van der Waals surface area contributed by atoms with Gasteiger partial charge in [0.15, 0.2) is 0 Å². The number of para-hydroxylation sites is 2. The van der Waals surface area contributed by atoms with Gasteiger partial charge in [0.1, 0.15) is 5.69 Å². The van der Waals surface area contributed by atoms with E-state index in [0.717, 1.165) is 25.0 Å². The normalized spacial score (nSPS) is 21.8. The van der Waals surface area contributed by atoms with E-state index in [1.165, 1.54) is 12.5 Å². The highest BCUT2D eigenvalue weighted by molar-refractivity contribution is 5.87. The van der Waals surface area contributed by atoms with Crippen molar-refractivity contribution >= 4 is 17.1 Å². The van der Waals surface area contributed by atoms with Gasteiger partial charge in [-0.3, -0.25) is 15.5 Å². The van der Waals surface area contributed by atoms with Gasteiger partial charge < -0.3 is 0 Å². The van der Waals surface area contributed by atoms with E-state index in [1.54, 1.807) is 18.2 Å². The maximum atomic E-state index is 10.9. The first-order valence-electron chi connectivity index (χ1n) is 6.24. The van der Waals surface area contributed by atoms with Crippen LogP contribution < -0.4 is 5.43 Å². The fourth-order valence-electron chi connectivity index (χ4n) is 2.20. The van der Waals surface area contributed by atoms with Gasteiger partial charge in [-0.05, 0) is 31.2 Å². The maximum Gasteiger partial charge on any atom is 0.294 e. The first-order chi connectivity index (χ1) is 8.68. The number of anilines is 1. The van der Waals surface area contributed by atoms with Crippen LogP contribution >= 0.6 is 0 Å². The highest BCUT2D eigenvalue weighted by atomic mass is 16.6. The Labute approximate surface area is 106 Å². The van der Waals surface area contributed by atoms with Crippen LogP contribution in [0.15, 0.2) is 29.4 Å². The van der Waals surface area contributed by atoms with Crippen LogP contribution in [0, 0.1) is 16.0 Å². The third-order valence-electron chi connectivity index (χ3n) is 3.31. The van der Waals surface area contributed by atoms with Crippen molar-refractivity contribution in [2.45, 2.75) is 32.6 Å². The summed E-state index contributed by atoms with van der Waals surface area (Å²) in [7, 11) is 0. The Kier molecular flexibility index (Phi) is 3.92. The molecule has 5 nitrogen and oxygen atoms in total. The first-order valence-corrected chi connectivity index (χ1v) is 6.24. The summed E-state index contributed by atoms with van der Waals surface area (Å²) in [6.07, 6.45) is 4.53. The van der Waals surface area contributed by atoms with Crippen LogP contribution in [0.25, 0.3) is 0 Å². The summed E-state index contributed by atoms with van der Waals surface area (Å²) in [5.41, 5.74) is 4.46. The molecule has 18 heavy (non-hydrogen) atoms. The predicted octanol–water partition coefficient (Wildman–Crippen LogP) is 3.57. The molecule has 0 aromatic heterocycles. The summed E-state index contributed by atoms with van der Waals surface area (Å²) in [6.45, 7) is 2.15. The molecule has 0 bridgehead atoms. The van der Waals surface area contributed by atoms with Crippen molar-refractivity contribution in [2.75, 3.05) is 5.43 Å². The van der Waals surface area contributed by atoms with Gasteiger partial charge in [-0.1, -0.05) is 25.5 Å². The Bertz CT molecular complexity index is 471. The number of rotatable bonds is 3. The lowest BCUT2D eigenvalue weighted by molar-refractivity contribution is -0.384. The van der Waals surface area contributed by atoms with Crippen LogP contribution in [0.4, 0.5) is 11.4 Å². The van der Waals surface area contributed by atoms with Crippen LogP contribution in [-0.4, -0.2) is 10.6 Å². The highest BCUT2D eigenvalue weighted by Crippen LogP contribution is 2.25. The second-order valence-electron chi connectivity index (χ2n) is 4.64. The van der Waals surface area contributed by atoms with Crippen LogP contribution in [0.3, 0.4) is 0 Å². The van der Waals surface area contributed by atoms with Gasteiger partial charge in [-0.15, -0.1) is 0 Å². The second-order valence-corrected chi connectivity index (χ2v) is 4.64. The monoisotopic (exact) mass is 247 g/mol. The summed E-state index contributed by atoms with van der Waals surface area (Å²) in [5, 5.41) is 15.2. The molecule has 5 heteroatoms. The minimum Gasteiger partial charge on any atom is -0.272 e. The number of nitrogens with zero attached hydrogens (tertiary/aromatic N) is 2. The van der Waals surface area contributed by atoms with Gasteiger partial charge in [0, 0.05) is 11.8 Å². The van der Waals surface area contributed by atoms with Crippen molar-refractivity contribution in [2.24, 2.45) is 11.0 Å². The minimum atomic E-state index is -0.396. The molecule has 0 heterocycles. The average Bonchev–Trinajstić information content (AvgIpc) is 2.38. The molecule has 0 aliphatic heterocycles. The van der Waals surface area contributed by atoms with Gasteiger partial charge in [-0.25, -0.2) is 0 Å².